The largest absolute Gasteiger partial charge is 0.497 e. The Bertz CT molecular complexity index is 858. The third-order valence-electron chi connectivity index (χ3n) is 3.93. The summed E-state index contributed by atoms with van der Waals surface area (Å²) in [5, 5.41) is 9.92. The maximum Gasteiger partial charge on any atom is 0.251 e. The lowest BCUT2D eigenvalue weighted by Gasteiger charge is -2.08. The van der Waals surface area contributed by atoms with Gasteiger partial charge in [0.25, 0.3) is 5.91 Å². The van der Waals surface area contributed by atoms with Crippen LogP contribution in [-0.4, -0.2) is 29.8 Å². The zero-order chi connectivity index (χ0) is 18.4. The van der Waals surface area contributed by atoms with Crippen LogP contribution in [0.5, 0.6) is 5.75 Å². The number of rotatable bonds is 7. The summed E-state index contributed by atoms with van der Waals surface area (Å²) >= 11 is 0. The quantitative estimate of drug-likeness (QED) is 0.682. The minimum absolute atomic E-state index is 0.0388. The lowest BCUT2D eigenvalue weighted by atomic mass is 10.1. The highest BCUT2D eigenvalue weighted by molar-refractivity contribution is 5.95. The molecular weight excluding hydrogens is 330 g/mol. The average molecular weight is 351 g/mol. The number of nitrogens with one attached hydrogen (secondary N) is 2. The molecule has 0 aliphatic carbocycles. The molecule has 1 heterocycles. The average Bonchev–Trinajstić information content (AvgIpc) is 3.03. The van der Waals surface area contributed by atoms with Gasteiger partial charge < -0.3 is 14.8 Å². The Balaban J connectivity index is 1.63. The normalized spacial score (nSPS) is 10.5. The minimum Gasteiger partial charge on any atom is -0.497 e. The van der Waals surface area contributed by atoms with Crippen molar-refractivity contribution in [1.29, 1.82) is 0 Å². The topological polar surface area (TPSA) is 76.2 Å². The molecule has 0 bridgehead atoms. The molecule has 0 saturated carbocycles. The van der Waals surface area contributed by atoms with Gasteiger partial charge in [-0.25, -0.2) is 0 Å². The molecule has 0 unspecified atom stereocenters. The molecule has 3 aromatic rings. The number of hydrogen-bond donors (Lipinski definition) is 2. The van der Waals surface area contributed by atoms with Crippen molar-refractivity contribution in [2.45, 2.75) is 13.5 Å². The number of hydrogen-bond acceptors (Lipinski definition) is 4. The van der Waals surface area contributed by atoms with Gasteiger partial charge in [-0.05, 0) is 30.2 Å². The molecule has 2 N–H and O–H groups in total. The molecule has 1 amide bonds. The lowest BCUT2D eigenvalue weighted by Crippen LogP contribution is -2.19. The van der Waals surface area contributed by atoms with E-state index < -0.39 is 0 Å². The van der Waals surface area contributed by atoms with Gasteiger partial charge >= 0.3 is 0 Å². The van der Waals surface area contributed by atoms with Crippen molar-refractivity contribution >= 4 is 11.7 Å². The van der Waals surface area contributed by atoms with Crippen LogP contribution in [0.1, 0.15) is 11.3 Å². The highest BCUT2D eigenvalue weighted by Crippen LogP contribution is 2.30. The number of amides is 1. The molecule has 0 fully saturated rings. The fraction of sp³-hybridized carbons (Fsp3) is 0.200. The fourth-order valence-corrected chi connectivity index (χ4v) is 2.63. The fourth-order valence-electron chi connectivity index (χ4n) is 2.63. The first-order valence-electron chi connectivity index (χ1n) is 8.28. The van der Waals surface area contributed by atoms with Gasteiger partial charge in [-0.15, -0.1) is 0 Å². The Morgan fingerprint density at radius 2 is 1.85 bits per heavy atom. The Kier molecular flexibility index (Phi) is 5.66. The van der Waals surface area contributed by atoms with E-state index in [0.29, 0.717) is 12.4 Å². The lowest BCUT2D eigenvalue weighted by molar-refractivity contribution is -0.121. The Labute approximate surface area is 152 Å². The van der Waals surface area contributed by atoms with Gasteiger partial charge in [0.15, 0.2) is 5.82 Å². The summed E-state index contributed by atoms with van der Waals surface area (Å²) in [7, 11) is 1.62. The summed E-state index contributed by atoms with van der Waals surface area (Å²) < 4.78 is 10.7. The maximum atomic E-state index is 12.2. The molecule has 0 aliphatic rings. The monoisotopic (exact) mass is 351 g/mol. The van der Waals surface area contributed by atoms with Crippen LogP contribution in [0.2, 0.25) is 0 Å². The van der Waals surface area contributed by atoms with E-state index >= 15 is 0 Å². The summed E-state index contributed by atoms with van der Waals surface area (Å²) in [6.07, 6.45) is 0. The van der Waals surface area contributed by atoms with Crippen LogP contribution in [-0.2, 0) is 16.1 Å². The predicted molar refractivity (Wildman–Crippen MR) is 100 cm³/mol. The van der Waals surface area contributed by atoms with E-state index in [9.17, 15) is 4.79 Å². The molecule has 0 spiro atoms. The minimum atomic E-state index is -0.248. The molecule has 0 radical (unpaired) electrons. The molecule has 6 heteroatoms. The van der Waals surface area contributed by atoms with E-state index in [4.69, 9.17) is 9.47 Å². The van der Waals surface area contributed by atoms with E-state index in [2.05, 4.69) is 15.5 Å². The molecule has 134 valence electrons. The van der Waals surface area contributed by atoms with Crippen LogP contribution >= 0.6 is 0 Å². The second-order valence-corrected chi connectivity index (χ2v) is 5.83. The van der Waals surface area contributed by atoms with Gasteiger partial charge in [-0.2, -0.15) is 5.10 Å². The number of nitrogens with zero attached hydrogens (tertiary/aromatic N) is 1. The van der Waals surface area contributed by atoms with Crippen molar-refractivity contribution in [2.75, 3.05) is 19.0 Å². The Morgan fingerprint density at radius 1 is 1.12 bits per heavy atom. The van der Waals surface area contributed by atoms with Gasteiger partial charge in [0.1, 0.15) is 12.4 Å². The third-order valence-corrected chi connectivity index (χ3v) is 3.93. The van der Waals surface area contributed by atoms with E-state index in [-0.39, 0.29) is 12.5 Å². The number of carbonyl (C=O) groups is 1. The first-order valence-corrected chi connectivity index (χ1v) is 8.28. The van der Waals surface area contributed by atoms with Crippen LogP contribution in [0.3, 0.4) is 0 Å². The molecule has 26 heavy (non-hydrogen) atoms. The van der Waals surface area contributed by atoms with Gasteiger partial charge in [-0.3, -0.25) is 9.89 Å². The van der Waals surface area contributed by atoms with Crippen molar-refractivity contribution < 1.29 is 14.3 Å². The molecule has 0 aliphatic heterocycles. The first kappa shape index (κ1) is 17.7. The maximum absolute atomic E-state index is 12.2. The van der Waals surface area contributed by atoms with Crippen molar-refractivity contribution in [1.82, 2.24) is 10.2 Å². The SMILES string of the molecule is COc1ccc(-c2c(NC(=O)COCc3ccccc3)n[nH]c2C)cc1. The van der Waals surface area contributed by atoms with Gasteiger partial charge in [0, 0.05) is 11.3 Å². The number of benzene rings is 2. The molecular formula is C20H21N3O3. The van der Waals surface area contributed by atoms with Crippen LogP contribution in [0.25, 0.3) is 11.1 Å². The van der Waals surface area contributed by atoms with Gasteiger partial charge in [0.05, 0.1) is 13.7 Å². The van der Waals surface area contributed by atoms with E-state index in [0.717, 1.165) is 28.1 Å². The Morgan fingerprint density at radius 3 is 2.54 bits per heavy atom. The molecule has 2 aromatic carbocycles. The molecule has 0 atom stereocenters. The summed E-state index contributed by atoms with van der Waals surface area (Å²) in [4.78, 5) is 12.2. The van der Waals surface area contributed by atoms with Crippen LogP contribution in [0.15, 0.2) is 54.6 Å². The number of aryl methyl sites for hydroxylation is 1. The number of anilines is 1. The summed E-state index contributed by atoms with van der Waals surface area (Å²) in [6.45, 7) is 2.26. The molecule has 0 saturated heterocycles. The van der Waals surface area contributed by atoms with Crippen molar-refractivity contribution in [3.8, 4) is 16.9 Å². The van der Waals surface area contributed by atoms with Crippen LogP contribution in [0.4, 0.5) is 5.82 Å². The summed E-state index contributed by atoms with van der Waals surface area (Å²) in [5.74, 6) is 1.01. The second-order valence-electron chi connectivity index (χ2n) is 5.83. The molecule has 6 nitrogen and oxygen atoms in total. The number of ether oxygens (including phenoxy) is 2. The smallest absolute Gasteiger partial charge is 0.251 e. The van der Waals surface area contributed by atoms with Gasteiger partial charge in [-0.1, -0.05) is 42.5 Å². The summed E-state index contributed by atoms with van der Waals surface area (Å²) in [6, 6.07) is 17.3. The standard InChI is InChI=1S/C20H21N3O3/c1-14-19(16-8-10-17(25-2)11-9-16)20(23-22-14)21-18(24)13-26-12-15-6-4-3-5-7-15/h3-11H,12-13H2,1-2H3,(H2,21,22,23,24). The third kappa shape index (κ3) is 4.29. The van der Waals surface area contributed by atoms with E-state index in [1.807, 2.05) is 61.5 Å². The van der Waals surface area contributed by atoms with Crippen molar-refractivity contribution in [3.63, 3.8) is 0 Å². The highest BCUT2D eigenvalue weighted by atomic mass is 16.5. The predicted octanol–water partition coefficient (Wildman–Crippen LogP) is 3.55. The number of carbonyl (C=O) groups excluding carboxylic acids is 1. The molecule has 3 rings (SSSR count). The number of aromatic nitrogens is 2. The number of H-pyrrole nitrogens is 1. The van der Waals surface area contributed by atoms with Crippen LogP contribution < -0.4 is 10.1 Å². The van der Waals surface area contributed by atoms with E-state index in [1.165, 1.54) is 0 Å². The number of aromatic amines is 1. The zero-order valence-electron chi connectivity index (χ0n) is 14.8. The number of methoxy groups -OCH3 is 1. The zero-order valence-corrected chi connectivity index (χ0v) is 14.8. The Hall–Kier alpha value is -3.12. The van der Waals surface area contributed by atoms with Crippen molar-refractivity contribution in [3.05, 3.63) is 65.9 Å². The van der Waals surface area contributed by atoms with E-state index in [1.54, 1.807) is 7.11 Å². The first-order chi connectivity index (χ1) is 12.7. The summed E-state index contributed by atoms with van der Waals surface area (Å²) in [5.41, 5.74) is 3.69. The van der Waals surface area contributed by atoms with Gasteiger partial charge in [0.2, 0.25) is 0 Å². The van der Waals surface area contributed by atoms with Crippen LogP contribution in [0, 0.1) is 6.92 Å². The van der Waals surface area contributed by atoms with Crippen molar-refractivity contribution in [2.24, 2.45) is 0 Å². The second kappa shape index (κ2) is 8.31. The molecule has 1 aromatic heterocycles. The highest BCUT2D eigenvalue weighted by Gasteiger charge is 2.15.